The molecule has 122 valence electrons. The summed E-state index contributed by atoms with van der Waals surface area (Å²) < 4.78 is 0. The van der Waals surface area contributed by atoms with Crippen LogP contribution in [0, 0.1) is 0 Å². The van der Waals surface area contributed by atoms with E-state index in [1.807, 2.05) is 49.4 Å². The van der Waals surface area contributed by atoms with E-state index in [0.717, 1.165) is 29.2 Å². The van der Waals surface area contributed by atoms with Gasteiger partial charge in [0, 0.05) is 16.5 Å². The van der Waals surface area contributed by atoms with E-state index in [0.29, 0.717) is 11.1 Å². The molecule has 0 bridgehead atoms. The molecule has 0 aromatic heterocycles. The topological polar surface area (TPSA) is 37.4 Å². The summed E-state index contributed by atoms with van der Waals surface area (Å²) in [6, 6.07) is 17.3. The molecule has 2 amide bonds. The van der Waals surface area contributed by atoms with Crippen LogP contribution in [0.25, 0.3) is 10.8 Å². The summed E-state index contributed by atoms with van der Waals surface area (Å²) in [4.78, 5) is 27.8. The maximum Gasteiger partial charge on any atom is 0.261 e. The molecule has 0 N–H and O–H groups in total. The first-order valence-corrected chi connectivity index (χ1v) is 8.67. The third kappa shape index (κ3) is 1.86. The van der Waals surface area contributed by atoms with Crippen molar-refractivity contribution in [1.29, 1.82) is 0 Å². The van der Waals surface area contributed by atoms with E-state index in [4.69, 9.17) is 0 Å². The Bertz CT molecular complexity index is 994. The Morgan fingerprint density at radius 2 is 1.32 bits per heavy atom. The first-order valence-electron chi connectivity index (χ1n) is 8.67. The van der Waals surface area contributed by atoms with Crippen LogP contribution in [0.4, 0.5) is 0 Å². The molecule has 5 rings (SSSR count). The fourth-order valence-electron chi connectivity index (χ4n) is 4.27. The van der Waals surface area contributed by atoms with E-state index in [-0.39, 0.29) is 17.9 Å². The lowest BCUT2D eigenvalue weighted by molar-refractivity contribution is 0.0550. The van der Waals surface area contributed by atoms with Crippen LogP contribution in [0.3, 0.4) is 0 Å². The highest BCUT2D eigenvalue weighted by Crippen LogP contribution is 2.40. The van der Waals surface area contributed by atoms with Crippen LogP contribution in [0.2, 0.25) is 0 Å². The first kappa shape index (κ1) is 14.4. The molecule has 0 spiro atoms. The van der Waals surface area contributed by atoms with Gasteiger partial charge >= 0.3 is 0 Å². The predicted molar refractivity (Wildman–Crippen MR) is 96.7 cm³/mol. The monoisotopic (exact) mass is 327 g/mol. The number of benzene rings is 3. The summed E-state index contributed by atoms with van der Waals surface area (Å²) in [5, 5.41) is 1.99. The number of carbonyl (C=O) groups is 2. The van der Waals surface area contributed by atoms with E-state index in [1.54, 1.807) is 0 Å². The number of carbonyl (C=O) groups excluding carboxylic acids is 2. The summed E-state index contributed by atoms with van der Waals surface area (Å²) in [5.41, 5.74) is 4.77. The largest absolute Gasteiger partial charge is 0.269 e. The Morgan fingerprint density at radius 3 is 1.88 bits per heavy atom. The van der Waals surface area contributed by atoms with Crippen molar-refractivity contribution in [1.82, 2.24) is 4.90 Å². The minimum absolute atomic E-state index is 0.190. The Kier molecular flexibility index (Phi) is 2.90. The third-order valence-electron chi connectivity index (χ3n) is 5.56. The molecule has 1 aliphatic carbocycles. The van der Waals surface area contributed by atoms with Crippen LogP contribution >= 0.6 is 0 Å². The highest BCUT2D eigenvalue weighted by Gasteiger charge is 2.37. The van der Waals surface area contributed by atoms with Gasteiger partial charge in [-0.25, -0.2) is 0 Å². The third-order valence-corrected chi connectivity index (χ3v) is 5.56. The van der Waals surface area contributed by atoms with Gasteiger partial charge in [0.25, 0.3) is 11.8 Å². The molecule has 2 aliphatic rings. The van der Waals surface area contributed by atoms with Crippen molar-refractivity contribution in [3.8, 4) is 0 Å². The molecule has 0 saturated carbocycles. The van der Waals surface area contributed by atoms with Gasteiger partial charge in [0.15, 0.2) is 0 Å². The quantitative estimate of drug-likeness (QED) is 0.658. The van der Waals surface area contributed by atoms with E-state index in [2.05, 4.69) is 12.1 Å². The van der Waals surface area contributed by atoms with Crippen molar-refractivity contribution in [3.05, 3.63) is 82.4 Å². The van der Waals surface area contributed by atoms with Crippen LogP contribution in [0.15, 0.2) is 54.6 Å². The standard InChI is InChI=1S/C22H17NO2/c1-13(14-5-3-2-4-6-14)23-21(24)17-11-9-15-7-8-16-10-12-18(22(23)25)20(17)19(15)16/h2-6,9-13H,7-8H2,1H3/t13-/m1/s1. The predicted octanol–water partition coefficient (Wildman–Crippen LogP) is 4.30. The number of amides is 2. The molecule has 3 aromatic rings. The molecule has 3 aromatic carbocycles. The molecule has 1 heterocycles. The Hall–Kier alpha value is -2.94. The second kappa shape index (κ2) is 5.03. The van der Waals surface area contributed by atoms with Crippen molar-refractivity contribution in [2.75, 3.05) is 0 Å². The minimum Gasteiger partial charge on any atom is -0.269 e. The number of hydrogen-bond acceptors (Lipinski definition) is 2. The number of imide groups is 1. The highest BCUT2D eigenvalue weighted by atomic mass is 16.2. The molecule has 3 heteroatoms. The van der Waals surface area contributed by atoms with Crippen molar-refractivity contribution >= 4 is 22.6 Å². The summed E-state index contributed by atoms with van der Waals surface area (Å²) >= 11 is 0. The number of aryl methyl sites for hydroxylation is 2. The number of rotatable bonds is 2. The molecule has 3 nitrogen and oxygen atoms in total. The van der Waals surface area contributed by atoms with Crippen molar-refractivity contribution in [2.24, 2.45) is 0 Å². The van der Waals surface area contributed by atoms with Crippen LogP contribution in [-0.2, 0) is 12.8 Å². The zero-order valence-electron chi connectivity index (χ0n) is 14.0. The summed E-state index contributed by atoms with van der Waals surface area (Å²) in [6.07, 6.45) is 1.98. The number of nitrogens with zero attached hydrogens (tertiary/aromatic N) is 1. The maximum atomic E-state index is 13.2. The smallest absolute Gasteiger partial charge is 0.261 e. The Morgan fingerprint density at radius 1 is 0.760 bits per heavy atom. The normalized spacial score (nSPS) is 16.6. The van der Waals surface area contributed by atoms with Gasteiger partial charge in [0.05, 0.1) is 6.04 Å². The van der Waals surface area contributed by atoms with Crippen molar-refractivity contribution in [2.45, 2.75) is 25.8 Å². The molecule has 1 aliphatic heterocycles. The average Bonchev–Trinajstić information content (AvgIpc) is 3.07. The number of hydrogen-bond donors (Lipinski definition) is 0. The zero-order valence-corrected chi connectivity index (χ0v) is 14.0. The molecular weight excluding hydrogens is 310 g/mol. The molecule has 0 unspecified atom stereocenters. The van der Waals surface area contributed by atoms with Crippen molar-refractivity contribution in [3.63, 3.8) is 0 Å². The molecule has 0 radical (unpaired) electrons. The van der Waals surface area contributed by atoms with Gasteiger partial charge in [0.1, 0.15) is 0 Å². The van der Waals surface area contributed by atoms with Crippen LogP contribution in [0.1, 0.15) is 50.4 Å². The summed E-state index contributed by atoms with van der Waals surface area (Å²) in [7, 11) is 0. The fraction of sp³-hybridized carbons (Fsp3) is 0.182. The SMILES string of the molecule is C[C@H](c1ccccc1)N1C(=O)c2ccc3c4c(ccc(c24)C1=O)CC3. The second-order valence-electron chi connectivity index (χ2n) is 6.86. The zero-order chi connectivity index (χ0) is 17.1. The second-order valence-corrected chi connectivity index (χ2v) is 6.86. The summed E-state index contributed by atoms with van der Waals surface area (Å²) in [5.74, 6) is -0.381. The lowest BCUT2D eigenvalue weighted by Crippen LogP contribution is -2.42. The van der Waals surface area contributed by atoms with Crippen molar-refractivity contribution < 1.29 is 9.59 Å². The summed E-state index contributed by atoms with van der Waals surface area (Å²) in [6.45, 7) is 1.91. The van der Waals surface area contributed by atoms with E-state index >= 15 is 0 Å². The van der Waals surface area contributed by atoms with Gasteiger partial charge in [-0.2, -0.15) is 0 Å². The molecule has 1 atom stereocenters. The Balaban J connectivity index is 1.72. The highest BCUT2D eigenvalue weighted by molar-refractivity contribution is 6.26. The van der Waals surface area contributed by atoms with Gasteiger partial charge in [-0.15, -0.1) is 0 Å². The first-order chi connectivity index (χ1) is 12.2. The van der Waals surface area contributed by atoms with Crippen LogP contribution in [-0.4, -0.2) is 16.7 Å². The minimum atomic E-state index is -0.297. The fourth-order valence-corrected chi connectivity index (χ4v) is 4.27. The van der Waals surface area contributed by atoms with E-state index < -0.39 is 0 Å². The average molecular weight is 327 g/mol. The lowest BCUT2D eigenvalue weighted by Gasteiger charge is -2.32. The van der Waals surface area contributed by atoms with Gasteiger partial charge < -0.3 is 0 Å². The molecule has 0 fully saturated rings. The van der Waals surface area contributed by atoms with E-state index in [1.165, 1.54) is 16.0 Å². The molecular formula is C22H17NO2. The Labute approximate surface area is 145 Å². The van der Waals surface area contributed by atoms with Gasteiger partial charge in [-0.05, 0) is 54.0 Å². The van der Waals surface area contributed by atoms with E-state index in [9.17, 15) is 9.59 Å². The van der Waals surface area contributed by atoms with Gasteiger partial charge in [-0.3, -0.25) is 14.5 Å². The molecule has 25 heavy (non-hydrogen) atoms. The van der Waals surface area contributed by atoms with Gasteiger partial charge in [-0.1, -0.05) is 42.5 Å². The van der Waals surface area contributed by atoms with Gasteiger partial charge in [0.2, 0.25) is 0 Å². The maximum absolute atomic E-state index is 13.2. The lowest BCUT2D eigenvalue weighted by atomic mass is 9.90. The van der Waals surface area contributed by atoms with Crippen LogP contribution in [0.5, 0.6) is 0 Å². The molecule has 0 saturated heterocycles. The van der Waals surface area contributed by atoms with Crippen LogP contribution < -0.4 is 0 Å².